The molecule has 116 valence electrons. The quantitative estimate of drug-likeness (QED) is 0.910. The van der Waals surface area contributed by atoms with E-state index in [0.29, 0.717) is 0 Å². The summed E-state index contributed by atoms with van der Waals surface area (Å²) in [6.45, 7) is 9.07. The molecule has 1 N–H and O–H groups in total. The summed E-state index contributed by atoms with van der Waals surface area (Å²) in [7, 11) is 0. The van der Waals surface area contributed by atoms with E-state index in [4.69, 9.17) is 4.74 Å². The number of nitrogens with zero attached hydrogens (tertiary/aromatic N) is 2. The molecule has 1 aromatic rings. The standard InChI is InChI=1S/C16H25N3O2/c1-15(2)10-11(16(3,4)21-15)14(20)18-12-6-5-9-19-13(12)7-8-17-19/h7-8,11-12H,5-6,9-10H2,1-4H3,(H,18,20). The Bertz CT molecular complexity index is 547. The maximum absolute atomic E-state index is 12.7. The van der Waals surface area contributed by atoms with Gasteiger partial charge in [0.15, 0.2) is 0 Å². The molecule has 2 unspecified atom stereocenters. The fraction of sp³-hybridized carbons (Fsp3) is 0.750. The zero-order valence-electron chi connectivity index (χ0n) is 13.3. The number of ether oxygens (including phenoxy) is 1. The van der Waals surface area contributed by atoms with Crippen LogP contribution in [-0.4, -0.2) is 26.9 Å². The van der Waals surface area contributed by atoms with Crippen molar-refractivity contribution in [3.8, 4) is 0 Å². The Hall–Kier alpha value is -1.36. The summed E-state index contributed by atoms with van der Waals surface area (Å²) in [5.41, 5.74) is 0.466. The molecule has 1 aromatic heterocycles. The number of aromatic nitrogens is 2. The van der Waals surface area contributed by atoms with Crippen LogP contribution in [0.2, 0.25) is 0 Å². The highest BCUT2D eigenvalue weighted by atomic mass is 16.5. The molecule has 2 aliphatic rings. The van der Waals surface area contributed by atoms with Gasteiger partial charge in [-0.3, -0.25) is 9.48 Å². The highest BCUT2D eigenvalue weighted by Gasteiger charge is 2.49. The van der Waals surface area contributed by atoms with E-state index < -0.39 is 5.60 Å². The molecule has 5 nitrogen and oxygen atoms in total. The van der Waals surface area contributed by atoms with Gasteiger partial charge in [0, 0.05) is 12.7 Å². The van der Waals surface area contributed by atoms with Gasteiger partial charge < -0.3 is 10.1 Å². The Morgan fingerprint density at radius 1 is 1.43 bits per heavy atom. The number of amides is 1. The van der Waals surface area contributed by atoms with E-state index in [1.807, 2.05) is 30.8 Å². The summed E-state index contributed by atoms with van der Waals surface area (Å²) in [6.07, 6.45) is 4.61. The summed E-state index contributed by atoms with van der Waals surface area (Å²) < 4.78 is 8.03. The van der Waals surface area contributed by atoms with Crippen molar-refractivity contribution in [2.45, 2.75) is 70.7 Å². The lowest BCUT2D eigenvalue weighted by atomic mass is 9.86. The van der Waals surface area contributed by atoms with E-state index in [1.165, 1.54) is 0 Å². The van der Waals surface area contributed by atoms with Gasteiger partial charge in [-0.05, 0) is 53.0 Å². The summed E-state index contributed by atoms with van der Waals surface area (Å²) in [6, 6.07) is 2.08. The molecule has 0 aliphatic carbocycles. The van der Waals surface area contributed by atoms with Crippen molar-refractivity contribution < 1.29 is 9.53 Å². The minimum Gasteiger partial charge on any atom is -0.369 e. The van der Waals surface area contributed by atoms with E-state index in [2.05, 4.69) is 24.3 Å². The number of nitrogens with one attached hydrogen (secondary N) is 1. The van der Waals surface area contributed by atoms with Crippen molar-refractivity contribution in [2.75, 3.05) is 0 Å². The van der Waals surface area contributed by atoms with Gasteiger partial charge >= 0.3 is 0 Å². The van der Waals surface area contributed by atoms with Crippen LogP contribution in [0.15, 0.2) is 12.3 Å². The number of rotatable bonds is 2. The van der Waals surface area contributed by atoms with Crippen LogP contribution in [0.1, 0.15) is 58.7 Å². The molecule has 0 radical (unpaired) electrons. The van der Waals surface area contributed by atoms with Crippen molar-refractivity contribution in [2.24, 2.45) is 5.92 Å². The molecule has 1 fully saturated rings. The molecule has 0 aromatic carbocycles. The first-order valence-corrected chi connectivity index (χ1v) is 7.81. The van der Waals surface area contributed by atoms with Crippen molar-refractivity contribution >= 4 is 5.91 Å². The Balaban J connectivity index is 1.74. The average Bonchev–Trinajstić information content (AvgIpc) is 2.91. The number of fused-ring (bicyclic) bond motifs is 1. The van der Waals surface area contributed by atoms with Gasteiger partial charge in [0.1, 0.15) is 0 Å². The second-order valence-corrected chi connectivity index (χ2v) is 7.40. The number of hydrogen-bond donors (Lipinski definition) is 1. The Labute approximate surface area is 126 Å². The normalized spacial score (nSPS) is 29.9. The molecule has 0 spiro atoms. The fourth-order valence-electron chi connectivity index (χ4n) is 3.81. The minimum atomic E-state index is -0.414. The number of aryl methyl sites for hydroxylation is 1. The van der Waals surface area contributed by atoms with E-state index in [1.54, 1.807) is 0 Å². The highest BCUT2D eigenvalue weighted by molar-refractivity contribution is 5.80. The maximum atomic E-state index is 12.7. The van der Waals surface area contributed by atoms with Crippen LogP contribution < -0.4 is 5.32 Å². The first-order valence-electron chi connectivity index (χ1n) is 7.81. The Kier molecular flexibility index (Phi) is 3.35. The topological polar surface area (TPSA) is 56.2 Å². The number of carbonyl (C=O) groups excluding carboxylic acids is 1. The Morgan fingerprint density at radius 2 is 2.19 bits per heavy atom. The van der Waals surface area contributed by atoms with Crippen molar-refractivity contribution in [3.05, 3.63) is 18.0 Å². The molecular weight excluding hydrogens is 266 g/mol. The van der Waals surface area contributed by atoms with Gasteiger partial charge in [-0.1, -0.05) is 0 Å². The smallest absolute Gasteiger partial charge is 0.226 e. The van der Waals surface area contributed by atoms with E-state index in [9.17, 15) is 4.79 Å². The summed E-state index contributed by atoms with van der Waals surface area (Å²) in [4.78, 5) is 12.7. The molecule has 5 heteroatoms. The van der Waals surface area contributed by atoms with Crippen molar-refractivity contribution in [3.63, 3.8) is 0 Å². The van der Waals surface area contributed by atoms with Gasteiger partial charge in [-0.25, -0.2) is 0 Å². The SMILES string of the molecule is CC1(C)CC(C(=O)NC2CCCn3nccc32)C(C)(C)O1. The first-order chi connectivity index (χ1) is 9.78. The van der Waals surface area contributed by atoms with E-state index in [-0.39, 0.29) is 23.5 Å². The van der Waals surface area contributed by atoms with Gasteiger partial charge in [-0.15, -0.1) is 0 Å². The first kappa shape index (κ1) is 14.6. The molecule has 0 saturated carbocycles. The fourth-order valence-corrected chi connectivity index (χ4v) is 3.81. The van der Waals surface area contributed by atoms with Crippen LogP contribution in [0.5, 0.6) is 0 Å². The lowest BCUT2D eigenvalue weighted by Gasteiger charge is -2.29. The number of carbonyl (C=O) groups is 1. The van der Waals surface area contributed by atoms with Crippen molar-refractivity contribution in [1.82, 2.24) is 15.1 Å². The van der Waals surface area contributed by atoms with Gasteiger partial charge in [0.05, 0.1) is 28.9 Å². The second kappa shape index (κ2) is 4.83. The predicted octanol–water partition coefficient (Wildman–Crippen LogP) is 2.43. The minimum absolute atomic E-state index is 0.0771. The van der Waals surface area contributed by atoms with Crippen molar-refractivity contribution in [1.29, 1.82) is 0 Å². The molecule has 3 heterocycles. The zero-order chi connectivity index (χ0) is 15.3. The lowest BCUT2D eigenvalue weighted by molar-refractivity contribution is -0.132. The number of hydrogen-bond acceptors (Lipinski definition) is 3. The van der Waals surface area contributed by atoms with Crippen LogP contribution in [0.25, 0.3) is 0 Å². The summed E-state index contributed by atoms with van der Waals surface area (Å²) >= 11 is 0. The molecule has 2 aliphatic heterocycles. The summed E-state index contributed by atoms with van der Waals surface area (Å²) in [5.74, 6) is -0.00368. The van der Waals surface area contributed by atoms with Crippen LogP contribution in [0, 0.1) is 5.92 Å². The third kappa shape index (κ3) is 2.71. The van der Waals surface area contributed by atoms with Crippen LogP contribution in [-0.2, 0) is 16.1 Å². The molecule has 2 atom stereocenters. The largest absolute Gasteiger partial charge is 0.369 e. The molecule has 3 rings (SSSR count). The molecule has 0 bridgehead atoms. The third-order valence-corrected chi connectivity index (χ3v) is 4.68. The van der Waals surface area contributed by atoms with Gasteiger partial charge in [0.2, 0.25) is 5.91 Å². The lowest BCUT2D eigenvalue weighted by Crippen LogP contribution is -2.43. The van der Waals surface area contributed by atoms with Crippen LogP contribution >= 0.6 is 0 Å². The average molecular weight is 291 g/mol. The highest BCUT2D eigenvalue weighted by Crippen LogP contribution is 2.42. The Morgan fingerprint density at radius 3 is 2.86 bits per heavy atom. The van der Waals surface area contributed by atoms with Crippen LogP contribution in [0.4, 0.5) is 0 Å². The van der Waals surface area contributed by atoms with Gasteiger partial charge in [-0.2, -0.15) is 5.10 Å². The molecule has 21 heavy (non-hydrogen) atoms. The van der Waals surface area contributed by atoms with Gasteiger partial charge in [0.25, 0.3) is 0 Å². The third-order valence-electron chi connectivity index (χ3n) is 4.68. The van der Waals surface area contributed by atoms with E-state index >= 15 is 0 Å². The maximum Gasteiger partial charge on any atom is 0.226 e. The molecular formula is C16H25N3O2. The zero-order valence-corrected chi connectivity index (χ0v) is 13.3. The predicted molar refractivity (Wildman–Crippen MR) is 79.7 cm³/mol. The summed E-state index contributed by atoms with van der Waals surface area (Å²) in [5, 5.41) is 7.52. The van der Waals surface area contributed by atoms with Crippen LogP contribution in [0.3, 0.4) is 0 Å². The monoisotopic (exact) mass is 291 g/mol. The second-order valence-electron chi connectivity index (χ2n) is 7.40. The molecule has 1 saturated heterocycles. The molecule has 1 amide bonds. The van der Waals surface area contributed by atoms with E-state index in [0.717, 1.165) is 31.5 Å².